The second-order valence-electron chi connectivity index (χ2n) is 8.69. The SMILES string of the molecule is COc1ccc(CCNC(=O)CSC2=NC3NNC(C)C3C(=N)N2c2ccc(C)c(Cl)c2)cc1OC. The van der Waals surface area contributed by atoms with E-state index in [0.29, 0.717) is 40.5 Å². The van der Waals surface area contributed by atoms with Crippen LogP contribution in [0.15, 0.2) is 41.4 Å². The normalized spacial score (nSPS) is 21.1. The molecule has 2 aliphatic heterocycles. The average Bonchev–Trinajstić information content (AvgIpc) is 3.25. The molecule has 36 heavy (non-hydrogen) atoms. The number of nitrogens with zero attached hydrogens (tertiary/aromatic N) is 2. The van der Waals surface area contributed by atoms with Crippen LogP contribution in [0.25, 0.3) is 0 Å². The van der Waals surface area contributed by atoms with Crippen LogP contribution < -0.4 is 30.5 Å². The maximum atomic E-state index is 12.6. The van der Waals surface area contributed by atoms with E-state index in [-0.39, 0.29) is 29.8 Å². The van der Waals surface area contributed by atoms with Crippen LogP contribution in [0, 0.1) is 18.3 Å². The number of aliphatic imine (C=N–C) groups is 1. The van der Waals surface area contributed by atoms with Crippen molar-refractivity contribution < 1.29 is 14.3 Å². The maximum absolute atomic E-state index is 12.6. The molecule has 9 nitrogen and oxygen atoms in total. The highest BCUT2D eigenvalue weighted by atomic mass is 35.5. The Hall–Kier alpha value is -2.79. The third-order valence-electron chi connectivity index (χ3n) is 6.26. The van der Waals surface area contributed by atoms with Gasteiger partial charge in [0, 0.05) is 17.6 Å². The number of anilines is 1. The van der Waals surface area contributed by atoms with Crippen molar-refractivity contribution in [3.63, 3.8) is 0 Å². The van der Waals surface area contributed by atoms with Gasteiger partial charge in [0.2, 0.25) is 5.91 Å². The zero-order valence-electron chi connectivity index (χ0n) is 20.7. The number of amides is 1. The second kappa shape index (κ2) is 11.5. The first-order chi connectivity index (χ1) is 17.3. The number of hydrogen-bond donors (Lipinski definition) is 4. The number of rotatable bonds is 8. The van der Waals surface area contributed by atoms with Crippen LogP contribution in [0.2, 0.25) is 5.02 Å². The molecule has 0 spiro atoms. The van der Waals surface area contributed by atoms with Crippen molar-refractivity contribution in [2.24, 2.45) is 10.9 Å². The fourth-order valence-corrected chi connectivity index (χ4v) is 5.29. The van der Waals surface area contributed by atoms with E-state index in [2.05, 4.69) is 16.2 Å². The number of halogens is 1. The highest BCUT2D eigenvalue weighted by molar-refractivity contribution is 8.14. The van der Waals surface area contributed by atoms with Crippen molar-refractivity contribution >= 4 is 46.0 Å². The van der Waals surface area contributed by atoms with Crippen molar-refractivity contribution in [1.82, 2.24) is 16.2 Å². The molecule has 2 aromatic rings. The Morgan fingerprint density at radius 1 is 1.19 bits per heavy atom. The number of methoxy groups -OCH3 is 2. The fourth-order valence-electron chi connectivity index (χ4n) is 4.23. The van der Waals surface area contributed by atoms with Crippen LogP contribution in [0.4, 0.5) is 5.69 Å². The summed E-state index contributed by atoms with van der Waals surface area (Å²) in [4.78, 5) is 19.3. The zero-order chi connectivity index (χ0) is 25.8. The summed E-state index contributed by atoms with van der Waals surface area (Å²) in [5.41, 5.74) is 9.08. The predicted molar refractivity (Wildman–Crippen MR) is 146 cm³/mol. The van der Waals surface area contributed by atoms with Crippen LogP contribution in [-0.2, 0) is 11.2 Å². The summed E-state index contributed by atoms with van der Waals surface area (Å²) in [6, 6.07) is 11.5. The summed E-state index contributed by atoms with van der Waals surface area (Å²) in [5.74, 6) is 1.68. The first-order valence-corrected chi connectivity index (χ1v) is 13.0. The van der Waals surface area contributed by atoms with Gasteiger partial charge in [-0.1, -0.05) is 35.5 Å². The Labute approximate surface area is 220 Å². The molecule has 11 heteroatoms. The molecule has 2 aliphatic rings. The molecule has 192 valence electrons. The van der Waals surface area contributed by atoms with E-state index >= 15 is 0 Å². The molecule has 0 radical (unpaired) electrons. The standard InChI is InChI=1S/C25H31ClN6O3S/c1-14-5-7-17(12-18(14)26)32-23(27)22-15(2)30-31-24(22)29-25(32)36-13-21(33)28-10-9-16-6-8-19(34-3)20(11-16)35-4/h5-8,11-12,15,22,24,27,30-31H,9-10,13H2,1-4H3,(H,28,33). The Morgan fingerprint density at radius 2 is 1.97 bits per heavy atom. The van der Waals surface area contributed by atoms with E-state index in [1.807, 2.05) is 50.2 Å². The van der Waals surface area contributed by atoms with Crippen LogP contribution in [0.5, 0.6) is 11.5 Å². The van der Waals surface area contributed by atoms with Gasteiger partial charge in [0.25, 0.3) is 0 Å². The second-order valence-corrected chi connectivity index (χ2v) is 10.0. The molecule has 1 amide bonds. The van der Waals surface area contributed by atoms with Crippen molar-refractivity contribution in [1.29, 1.82) is 5.41 Å². The van der Waals surface area contributed by atoms with E-state index in [1.165, 1.54) is 11.8 Å². The highest BCUT2D eigenvalue weighted by Gasteiger charge is 2.43. The van der Waals surface area contributed by atoms with Crippen molar-refractivity contribution in [3.05, 3.63) is 52.5 Å². The number of carbonyl (C=O) groups is 1. The average molecular weight is 531 g/mol. The van der Waals surface area contributed by atoms with Crippen molar-refractivity contribution in [2.75, 3.05) is 31.4 Å². The number of fused-ring (bicyclic) bond motifs is 1. The number of nitrogens with one attached hydrogen (secondary N) is 4. The van der Waals surface area contributed by atoms with Gasteiger partial charge in [0.05, 0.1) is 31.6 Å². The topological polar surface area (TPSA) is 111 Å². The molecule has 3 atom stereocenters. The quantitative estimate of drug-likeness (QED) is 0.414. The number of hydrogen-bond acceptors (Lipinski definition) is 8. The van der Waals surface area contributed by atoms with Crippen molar-refractivity contribution in [2.45, 2.75) is 32.5 Å². The third kappa shape index (κ3) is 5.62. The molecule has 0 aromatic heterocycles. The first kappa shape index (κ1) is 26.3. The minimum absolute atomic E-state index is 0.0427. The number of amidine groups is 2. The summed E-state index contributed by atoms with van der Waals surface area (Å²) < 4.78 is 10.6. The largest absolute Gasteiger partial charge is 0.493 e. The first-order valence-electron chi connectivity index (χ1n) is 11.7. The number of carbonyl (C=O) groups excluding carboxylic acids is 1. The lowest BCUT2D eigenvalue weighted by Gasteiger charge is -2.36. The monoisotopic (exact) mass is 530 g/mol. The van der Waals surface area contributed by atoms with Crippen LogP contribution in [-0.4, -0.2) is 55.6 Å². The minimum Gasteiger partial charge on any atom is -0.493 e. The summed E-state index contributed by atoms with van der Waals surface area (Å²) in [5, 5.41) is 13.1. The van der Waals surface area contributed by atoms with Gasteiger partial charge < -0.3 is 14.8 Å². The zero-order valence-corrected chi connectivity index (χ0v) is 22.3. The molecule has 4 N–H and O–H groups in total. The highest BCUT2D eigenvalue weighted by Crippen LogP contribution is 2.33. The van der Waals surface area contributed by atoms with Gasteiger partial charge in [-0.25, -0.2) is 10.4 Å². The molecule has 4 rings (SSSR count). The fraction of sp³-hybridized carbons (Fsp3) is 0.400. The van der Waals surface area contributed by atoms with Gasteiger partial charge in [0.15, 0.2) is 16.7 Å². The molecular formula is C25H31ClN6O3S. The van der Waals surface area contributed by atoms with Gasteiger partial charge in [-0.05, 0) is 55.7 Å². The smallest absolute Gasteiger partial charge is 0.230 e. The number of thioether (sulfide) groups is 1. The summed E-state index contributed by atoms with van der Waals surface area (Å²) >= 11 is 7.70. The molecule has 1 fully saturated rings. The van der Waals surface area contributed by atoms with Gasteiger partial charge in [-0.15, -0.1) is 0 Å². The molecular weight excluding hydrogens is 500 g/mol. The Kier molecular flexibility index (Phi) is 8.40. The van der Waals surface area contributed by atoms with E-state index in [9.17, 15) is 4.79 Å². The van der Waals surface area contributed by atoms with Crippen LogP contribution in [0.1, 0.15) is 18.1 Å². The molecule has 1 saturated heterocycles. The van der Waals surface area contributed by atoms with E-state index in [0.717, 1.165) is 16.8 Å². The summed E-state index contributed by atoms with van der Waals surface area (Å²) in [6.07, 6.45) is 0.397. The lowest BCUT2D eigenvalue weighted by atomic mass is 9.97. The molecule has 2 heterocycles. The van der Waals surface area contributed by atoms with Crippen LogP contribution in [0.3, 0.4) is 0 Å². The Balaban J connectivity index is 1.41. The summed E-state index contributed by atoms with van der Waals surface area (Å²) in [7, 11) is 3.20. The van der Waals surface area contributed by atoms with Crippen LogP contribution >= 0.6 is 23.4 Å². The van der Waals surface area contributed by atoms with Gasteiger partial charge in [0.1, 0.15) is 12.0 Å². The van der Waals surface area contributed by atoms with E-state index < -0.39 is 0 Å². The third-order valence-corrected chi connectivity index (χ3v) is 7.62. The lowest BCUT2D eigenvalue weighted by molar-refractivity contribution is -0.118. The van der Waals surface area contributed by atoms with Gasteiger partial charge in [-0.2, -0.15) is 0 Å². The maximum Gasteiger partial charge on any atom is 0.230 e. The predicted octanol–water partition coefficient (Wildman–Crippen LogP) is 3.35. The molecule has 2 aromatic carbocycles. The number of benzene rings is 2. The lowest BCUT2D eigenvalue weighted by Crippen LogP contribution is -2.50. The Morgan fingerprint density at radius 3 is 2.69 bits per heavy atom. The van der Waals surface area contributed by atoms with Crippen molar-refractivity contribution in [3.8, 4) is 11.5 Å². The molecule has 0 bridgehead atoms. The van der Waals surface area contributed by atoms with E-state index in [1.54, 1.807) is 19.1 Å². The molecule has 3 unspecified atom stereocenters. The van der Waals surface area contributed by atoms with E-state index in [4.69, 9.17) is 31.5 Å². The number of hydrazine groups is 1. The number of ether oxygens (including phenoxy) is 2. The Bertz CT molecular complexity index is 1180. The number of aryl methyl sites for hydroxylation is 1. The van der Waals surface area contributed by atoms with Gasteiger partial charge >= 0.3 is 0 Å². The molecule has 0 saturated carbocycles. The van der Waals surface area contributed by atoms with Gasteiger partial charge in [-0.3, -0.25) is 20.5 Å². The minimum atomic E-state index is -0.264. The molecule has 0 aliphatic carbocycles. The summed E-state index contributed by atoms with van der Waals surface area (Å²) in [6.45, 7) is 4.45.